The first kappa shape index (κ1) is 27.7. The second-order valence-electron chi connectivity index (χ2n) is 12.5. The van der Waals surface area contributed by atoms with Gasteiger partial charge in [0.25, 0.3) is 0 Å². The van der Waals surface area contributed by atoms with Crippen LogP contribution < -0.4 is 0 Å². The highest BCUT2D eigenvalue weighted by atomic mass is 32.1. The first-order valence-corrected chi connectivity index (χ1v) is 18.1. The van der Waals surface area contributed by atoms with E-state index in [-0.39, 0.29) is 0 Å². The van der Waals surface area contributed by atoms with Gasteiger partial charge in [-0.2, -0.15) is 0 Å². The highest BCUT2D eigenvalue weighted by Gasteiger charge is 2.18. The van der Waals surface area contributed by atoms with Crippen LogP contribution in [0.2, 0.25) is 0 Å². The predicted octanol–water partition coefficient (Wildman–Crippen LogP) is 13.1. The summed E-state index contributed by atoms with van der Waals surface area (Å²) in [4.78, 5) is 2.57. The molecule has 9 aromatic rings. The molecule has 0 N–H and O–H groups in total. The largest absolute Gasteiger partial charge is 0.301 e. The van der Waals surface area contributed by atoms with Crippen LogP contribution in [0.1, 0.15) is 18.4 Å². The molecule has 0 bridgehead atoms. The summed E-state index contributed by atoms with van der Waals surface area (Å²) in [5.41, 5.74) is 10.2. The summed E-state index contributed by atoms with van der Waals surface area (Å²) in [7, 11) is 0. The second-order valence-corrected chi connectivity index (χ2v) is 14.6. The normalized spacial score (nSPS) is 13.3. The van der Waals surface area contributed by atoms with Crippen molar-refractivity contribution in [2.45, 2.75) is 12.8 Å². The number of thiophene rings is 2. The molecular formula is C44H30N2S2. The van der Waals surface area contributed by atoms with Crippen LogP contribution >= 0.6 is 22.7 Å². The summed E-state index contributed by atoms with van der Waals surface area (Å²) in [5.74, 6) is 0. The molecular weight excluding hydrogens is 621 g/mol. The number of hydrogen-bond donors (Lipinski definition) is 0. The quantitative estimate of drug-likeness (QED) is 0.175. The Hall–Kier alpha value is -5.42. The Kier molecular flexibility index (Phi) is 6.39. The van der Waals surface area contributed by atoms with Crippen LogP contribution in [0, 0.1) is 0 Å². The van der Waals surface area contributed by atoms with Crippen molar-refractivity contribution in [1.29, 1.82) is 0 Å². The zero-order valence-electron chi connectivity index (χ0n) is 26.1. The Morgan fingerprint density at radius 1 is 0.438 bits per heavy atom. The zero-order valence-corrected chi connectivity index (χ0v) is 27.8. The second kappa shape index (κ2) is 11.1. The lowest BCUT2D eigenvalue weighted by atomic mass is 9.96. The maximum atomic E-state index is 2.47. The van der Waals surface area contributed by atoms with Gasteiger partial charge in [0.1, 0.15) is 10.0 Å². The van der Waals surface area contributed by atoms with Gasteiger partial charge in [0.2, 0.25) is 0 Å². The molecule has 0 saturated carbocycles. The van der Waals surface area contributed by atoms with Gasteiger partial charge in [0.15, 0.2) is 0 Å². The summed E-state index contributed by atoms with van der Waals surface area (Å²) in [6.45, 7) is 0. The SMILES string of the molecule is C1=CCCC(c2ccc3c4ccccc4n(-c4ccc(-c5ccc(-n6c7ccccc7c7ccc(-c8ccccc8)cc76)s5)s4)c3c2)=C1. The van der Waals surface area contributed by atoms with Crippen LogP contribution in [0.15, 0.2) is 158 Å². The van der Waals surface area contributed by atoms with E-state index in [9.17, 15) is 0 Å². The van der Waals surface area contributed by atoms with E-state index in [2.05, 4.69) is 167 Å². The number of benzene rings is 5. The Morgan fingerprint density at radius 3 is 1.58 bits per heavy atom. The van der Waals surface area contributed by atoms with Gasteiger partial charge >= 0.3 is 0 Å². The Morgan fingerprint density at radius 2 is 0.979 bits per heavy atom. The Labute approximate surface area is 286 Å². The number of fused-ring (bicyclic) bond motifs is 6. The van der Waals surface area contributed by atoms with Crippen molar-refractivity contribution in [1.82, 2.24) is 9.13 Å². The van der Waals surface area contributed by atoms with Crippen LogP contribution in [0.4, 0.5) is 0 Å². The monoisotopic (exact) mass is 650 g/mol. The van der Waals surface area contributed by atoms with Gasteiger partial charge in [-0.05, 0) is 83.6 Å². The van der Waals surface area contributed by atoms with Crippen LogP contribution in [0.3, 0.4) is 0 Å². The molecule has 0 radical (unpaired) electrons. The molecule has 2 nitrogen and oxygen atoms in total. The van der Waals surface area contributed by atoms with Crippen molar-refractivity contribution in [3.05, 3.63) is 163 Å². The zero-order chi connectivity index (χ0) is 31.6. The van der Waals surface area contributed by atoms with Gasteiger partial charge in [-0.1, -0.05) is 109 Å². The summed E-state index contributed by atoms with van der Waals surface area (Å²) >= 11 is 3.74. The van der Waals surface area contributed by atoms with E-state index in [1.165, 1.54) is 85.6 Å². The maximum absolute atomic E-state index is 2.47. The number of para-hydroxylation sites is 2. The van der Waals surface area contributed by atoms with Crippen LogP contribution in [-0.4, -0.2) is 9.13 Å². The lowest BCUT2D eigenvalue weighted by molar-refractivity contribution is 1.05. The first-order valence-electron chi connectivity index (χ1n) is 16.5. The van der Waals surface area contributed by atoms with Gasteiger partial charge in [-0.25, -0.2) is 0 Å². The molecule has 4 heteroatoms. The molecule has 0 saturated heterocycles. The predicted molar refractivity (Wildman–Crippen MR) is 208 cm³/mol. The van der Waals surface area contributed by atoms with Crippen molar-refractivity contribution in [3.63, 3.8) is 0 Å². The van der Waals surface area contributed by atoms with Gasteiger partial charge in [0.05, 0.1) is 22.1 Å². The van der Waals surface area contributed by atoms with Gasteiger partial charge in [0, 0.05) is 31.3 Å². The fourth-order valence-electron chi connectivity index (χ4n) is 7.43. The topological polar surface area (TPSA) is 9.86 Å². The van der Waals surface area contributed by atoms with E-state index in [0.29, 0.717) is 0 Å². The molecule has 0 spiro atoms. The Balaban J connectivity index is 1.09. The number of hydrogen-bond acceptors (Lipinski definition) is 2. The molecule has 0 atom stereocenters. The average molecular weight is 651 g/mol. The lowest BCUT2D eigenvalue weighted by Gasteiger charge is -2.11. The summed E-state index contributed by atoms with van der Waals surface area (Å²) < 4.78 is 4.91. The minimum absolute atomic E-state index is 1.09. The molecule has 0 aliphatic heterocycles. The highest BCUT2D eigenvalue weighted by molar-refractivity contribution is 7.24. The van der Waals surface area contributed by atoms with E-state index in [0.717, 1.165) is 12.8 Å². The molecule has 1 aliphatic rings. The minimum Gasteiger partial charge on any atom is -0.301 e. The first-order chi connectivity index (χ1) is 23.8. The molecule has 48 heavy (non-hydrogen) atoms. The average Bonchev–Trinajstić information content (AvgIpc) is 3.95. The molecule has 0 fully saturated rings. The molecule has 0 amide bonds. The number of aromatic nitrogens is 2. The number of allylic oxidation sites excluding steroid dienone is 4. The van der Waals surface area contributed by atoms with Crippen molar-refractivity contribution in [3.8, 4) is 30.9 Å². The molecule has 0 unspecified atom stereocenters. The lowest BCUT2D eigenvalue weighted by Crippen LogP contribution is -1.92. The van der Waals surface area contributed by atoms with Crippen molar-refractivity contribution in [2.75, 3.05) is 0 Å². The minimum atomic E-state index is 1.09. The number of rotatable bonds is 5. The Bertz CT molecular complexity index is 2730. The van der Waals surface area contributed by atoms with Crippen LogP contribution in [-0.2, 0) is 0 Å². The van der Waals surface area contributed by atoms with Gasteiger partial charge < -0.3 is 9.13 Å². The molecule has 5 aromatic carbocycles. The maximum Gasteiger partial charge on any atom is 0.101 e. The molecule has 10 rings (SSSR count). The van der Waals surface area contributed by atoms with Gasteiger partial charge in [-0.3, -0.25) is 0 Å². The van der Waals surface area contributed by atoms with Crippen molar-refractivity contribution in [2.24, 2.45) is 0 Å². The van der Waals surface area contributed by atoms with E-state index < -0.39 is 0 Å². The fourth-order valence-corrected chi connectivity index (χ4v) is 9.59. The third kappa shape index (κ3) is 4.37. The van der Waals surface area contributed by atoms with Crippen LogP contribution in [0.5, 0.6) is 0 Å². The highest BCUT2D eigenvalue weighted by Crippen LogP contribution is 2.43. The third-order valence-electron chi connectivity index (χ3n) is 9.71. The smallest absolute Gasteiger partial charge is 0.101 e. The summed E-state index contributed by atoms with van der Waals surface area (Å²) in [6.07, 6.45) is 8.92. The molecule has 1 aliphatic carbocycles. The third-order valence-corrected chi connectivity index (χ3v) is 12.0. The van der Waals surface area contributed by atoms with Gasteiger partial charge in [-0.15, -0.1) is 22.7 Å². The van der Waals surface area contributed by atoms with E-state index in [4.69, 9.17) is 0 Å². The summed E-state index contributed by atoms with van der Waals surface area (Å²) in [6, 6.07) is 51.4. The van der Waals surface area contributed by atoms with E-state index in [1.807, 2.05) is 22.7 Å². The van der Waals surface area contributed by atoms with E-state index >= 15 is 0 Å². The van der Waals surface area contributed by atoms with E-state index in [1.54, 1.807) is 0 Å². The van der Waals surface area contributed by atoms with Crippen molar-refractivity contribution < 1.29 is 0 Å². The molecule has 4 aromatic heterocycles. The summed E-state index contributed by atoms with van der Waals surface area (Å²) in [5, 5.41) is 7.63. The van der Waals surface area contributed by atoms with Crippen LogP contribution in [0.25, 0.3) is 80.1 Å². The molecule has 228 valence electrons. The molecule has 4 heterocycles. The fraction of sp³-hybridized carbons (Fsp3) is 0.0455. The standard InChI is InChI=1S/C44H30N2S2/c1-3-11-29(12-4-1)31-19-21-35-33-15-7-9-17-37(33)45(39(35)27-31)43-25-23-41(47-43)42-24-26-44(48-42)46-38-18-10-8-16-34(38)36-22-20-32(28-40(36)46)30-13-5-2-6-14-30/h1-5,7-13,15-28H,6,14H2. The number of nitrogens with zero attached hydrogens (tertiary/aromatic N) is 2. The van der Waals surface area contributed by atoms with Crippen molar-refractivity contribution >= 4 is 71.9 Å².